The van der Waals surface area contributed by atoms with Gasteiger partial charge in [0.2, 0.25) is 15.9 Å². The molecule has 1 aliphatic heterocycles. The average Bonchev–Trinajstić information content (AvgIpc) is 3.24. The van der Waals surface area contributed by atoms with Gasteiger partial charge in [-0.1, -0.05) is 6.07 Å². The van der Waals surface area contributed by atoms with Crippen LogP contribution in [0, 0.1) is 0 Å². The Bertz CT molecular complexity index is 799. The van der Waals surface area contributed by atoms with Gasteiger partial charge in [0.1, 0.15) is 6.04 Å². The van der Waals surface area contributed by atoms with E-state index in [1.165, 1.54) is 9.18 Å². The van der Waals surface area contributed by atoms with E-state index in [1.807, 2.05) is 17.5 Å². The SMILES string of the molecule is CCS(=O)(=O)N1Cc2cncn2[C@@H](C(=O)NCCc2cccs2)C1. The minimum atomic E-state index is -3.35. The predicted octanol–water partition coefficient (Wildman–Crippen LogP) is 1.01. The van der Waals surface area contributed by atoms with Crippen LogP contribution in [0.1, 0.15) is 23.5 Å². The van der Waals surface area contributed by atoms with E-state index < -0.39 is 16.1 Å². The van der Waals surface area contributed by atoms with Gasteiger partial charge in [0.15, 0.2) is 0 Å². The molecule has 1 amide bonds. The monoisotopic (exact) mass is 368 g/mol. The number of carbonyl (C=O) groups is 1. The molecule has 7 nitrogen and oxygen atoms in total. The first kappa shape index (κ1) is 17.1. The zero-order chi connectivity index (χ0) is 17.2. The summed E-state index contributed by atoms with van der Waals surface area (Å²) in [6.07, 6.45) is 3.97. The van der Waals surface area contributed by atoms with E-state index in [2.05, 4.69) is 10.3 Å². The second-order valence-corrected chi connectivity index (χ2v) is 8.91. The fraction of sp³-hybridized carbons (Fsp3) is 0.467. The van der Waals surface area contributed by atoms with Gasteiger partial charge in [-0.15, -0.1) is 11.3 Å². The molecule has 1 N–H and O–H groups in total. The fourth-order valence-corrected chi connectivity index (χ4v) is 4.52. The number of nitrogens with one attached hydrogen (secondary N) is 1. The van der Waals surface area contributed by atoms with Crippen molar-refractivity contribution in [3.05, 3.63) is 40.6 Å². The molecule has 2 aromatic rings. The Balaban J connectivity index is 1.70. The third-order valence-electron chi connectivity index (χ3n) is 4.11. The summed E-state index contributed by atoms with van der Waals surface area (Å²) in [6.45, 7) is 2.54. The Morgan fingerprint density at radius 1 is 1.50 bits per heavy atom. The predicted molar refractivity (Wildman–Crippen MR) is 92.2 cm³/mol. The molecular weight excluding hydrogens is 348 g/mol. The van der Waals surface area contributed by atoms with Crippen LogP contribution in [-0.4, -0.2) is 47.0 Å². The molecule has 0 fully saturated rings. The van der Waals surface area contributed by atoms with E-state index in [-0.39, 0.29) is 24.7 Å². The summed E-state index contributed by atoms with van der Waals surface area (Å²) in [5, 5.41) is 4.91. The minimum Gasteiger partial charge on any atom is -0.354 e. The third kappa shape index (κ3) is 3.52. The normalized spacial score (nSPS) is 18.3. The smallest absolute Gasteiger partial charge is 0.244 e. The second kappa shape index (κ2) is 7.04. The maximum absolute atomic E-state index is 12.6. The van der Waals surface area contributed by atoms with Gasteiger partial charge in [-0.2, -0.15) is 4.31 Å². The number of carbonyl (C=O) groups excluding carboxylic acids is 1. The van der Waals surface area contributed by atoms with Crippen molar-refractivity contribution in [3.8, 4) is 0 Å². The van der Waals surface area contributed by atoms with Crippen LogP contribution in [0.25, 0.3) is 0 Å². The quantitative estimate of drug-likeness (QED) is 0.825. The lowest BCUT2D eigenvalue weighted by atomic mass is 10.2. The molecule has 24 heavy (non-hydrogen) atoms. The molecule has 2 aromatic heterocycles. The molecule has 3 heterocycles. The van der Waals surface area contributed by atoms with Crippen molar-refractivity contribution in [1.82, 2.24) is 19.2 Å². The molecule has 0 radical (unpaired) electrons. The van der Waals surface area contributed by atoms with Crippen molar-refractivity contribution >= 4 is 27.3 Å². The van der Waals surface area contributed by atoms with E-state index in [4.69, 9.17) is 0 Å². The summed E-state index contributed by atoms with van der Waals surface area (Å²) in [7, 11) is -3.35. The molecule has 3 rings (SSSR count). The van der Waals surface area contributed by atoms with Crippen LogP contribution in [0.5, 0.6) is 0 Å². The van der Waals surface area contributed by atoms with Crippen molar-refractivity contribution in [1.29, 1.82) is 0 Å². The summed E-state index contributed by atoms with van der Waals surface area (Å²) in [5.41, 5.74) is 0.733. The number of fused-ring (bicyclic) bond motifs is 1. The molecule has 0 aromatic carbocycles. The molecule has 0 aliphatic carbocycles. The molecule has 0 saturated heterocycles. The molecule has 0 spiro atoms. The number of nitrogens with zero attached hydrogens (tertiary/aromatic N) is 3. The van der Waals surface area contributed by atoms with Gasteiger partial charge in [-0.25, -0.2) is 13.4 Å². The van der Waals surface area contributed by atoms with E-state index in [1.54, 1.807) is 35.4 Å². The molecule has 1 atom stereocenters. The van der Waals surface area contributed by atoms with Gasteiger partial charge >= 0.3 is 0 Å². The Kier molecular flexibility index (Phi) is 5.02. The first-order valence-electron chi connectivity index (χ1n) is 7.80. The fourth-order valence-electron chi connectivity index (χ4n) is 2.75. The number of hydrogen-bond donors (Lipinski definition) is 1. The number of thiophene rings is 1. The van der Waals surface area contributed by atoms with E-state index in [9.17, 15) is 13.2 Å². The topological polar surface area (TPSA) is 84.3 Å². The lowest BCUT2D eigenvalue weighted by molar-refractivity contribution is -0.125. The number of sulfonamides is 1. The summed E-state index contributed by atoms with van der Waals surface area (Å²) in [4.78, 5) is 17.8. The first-order valence-corrected chi connectivity index (χ1v) is 10.3. The Labute approximate surface area is 145 Å². The van der Waals surface area contributed by atoms with Crippen LogP contribution in [0.4, 0.5) is 0 Å². The number of imidazole rings is 1. The van der Waals surface area contributed by atoms with E-state index in [0.29, 0.717) is 6.54 Å². The lowest BCUT2D eigenvalue weighted by Gasteiger charge is -2.32. The molecular formula is C15H20N4O3S2. The van der Waals surface area contributed by atoms with Crippen molar-refractivity contribution in [2.24, 2.45) is 0 Å². The van der Waals surface area contributed by atoms with Gasteiger partial charge in [0.25, 0.3) is 0 Å². The van der Waals surface area contributed by atoms with Gasteiger partial charge < -0.3 is 9.88 Å². The highest BCUT2D eigenvalue weighted by Crippen LogP contribution is 2.23. The Hall–Kier alpha value is -1.71. The van der Waals surface area contributed by atoms with Crippen LogP contribution in [0.3, 0.4) is 0 Å². The van der Waals surface area contributed by atoms with Crippen molar-refractivity contribution < 1.29 is 13.2 Å². The Morgan fingerprint density at radius 3 is 3.04 bits per heavy atom. The third-order valence-corrected chi connectivity index (χ3v) is 6.84. The zero-order valence-corrected chi connectivity index (χ0v) is 15.0. The number of aromatic nitrogens is 2. The van der Waals surface area contributed by atoms with Crippen molar-refractivity contribution in [2.75, 3.05) is 18.8 Å². The zero-order valence-electron chi connectivity index (χ0n) is 13.4. The average molecular weight is 368 g/mol. The number of hydrogen-bond acceptors (Lipinski definition) is 5. The van der Waals surface area contributed by atoms with E-state index >= 15 is 0 Å². The van der Waals surface area contributed by atoms with Crippen molar-refractivity contribution in [2.45, 2.75) is 25.9 Å². The molecule has 1 aliphatic rings. The highest BCUT2D eigenvalue weighted by Gasteiger charge is 2.34. The highest BCUT2D eigenvalue weighted by molar-refractivity contribution is 7.89. The van der Waals surface area contributed by atoms with Crippen LogP contribution >= 0.6 is 11.3 Å². The largest absolute Gasteiger partial charge is 0.354 e. The molecule has 0 saturated carbocycles. The molecule has 0 bridgehead atoms. The van der Waals surface area contributed by atoms with Gasteiger partial charge in [0, 0.05) is 24.2 Å². The van der Waals surface area contributed by atoms with Crippen LogP contribution in [-0.2, 0) is 27.8 Å². The minimum absolute atomic E-state index is 0.0217. The molecule has 130 valence electrons. The Morgan fingerprint density at radius 2 is 2.33 bits per heavy atom. The summed E-state index contributed by atoms with van der Waals surface area (Å²) in [6, 6.07) is 3.43. The van der Waals surface area contributed by atoms with Gasteiger partial charge in [-0.3, -0.25) is 4.79 Å². The standard InChI is InChI=1S/C15H20N4O3S2/c1-2-24(21,22)18-9-12-8-16-11-19(12)14(10-18)15(20)17-6-5-13-4-3-7-23-13/h3-4,7-8,11,14H,2,5-6,9-10H2,1H3,(H,17,20)/t14-/m1/s1. The lowest BCUT2D eigenvalue weighted by Crippen LogP contribution is -2.47. The second-order valence-electron chi connectivity index (χ2n) is 5.62. The number of amides is 1. The van der Waals surface area contributed by atoms with Crippen LogP contribution in [0.2, 0.25) is 0 Å². The first-order chi connectivity index (χ1) is 11.5. The molecule has 9 heteroatoms. The number of rotatable bonds is 6. The highest BCUT2D eigenvalue weighted by atomic mass is 32.2. The molecule has 0 unspecified atom stereocenters. The van der Waals surface area contributed by atoms with Gasteiger partial charge in [0.05, 0.1) is 24.3 Å². The van der Waals surface area contributed by atoms with Crippen molar-refractivity contribution in [3.63, 3.8) is 0 Å². The van der Waals surface area contributed by atoms with Gasteiger partial charge in [-0.05, 0) is 24.8 Å². The summed E-state index contributed by atoms with van der Waals surface area (Å²) >= 11 is 1.65. The van der Waals surface area contributed by atoms with E-state index in [0.717, 1.165) is 12.1 Å². The van der Waals surface area contributed by atoms with Crippen LogP contribution < -0.4 is 5.32 Å². The van der Waals surface area contributed by atoms with Crippen LogP contribution in [0.15, 0.2) is 30.0 Å². The maximum atomic E-state index is 12.6. The summed E-state index contributed by atoms with van der Waals surface area (Å²) < 4.78 is 27.5. The maximum Gasteiger partial charge on any atom is 0.244 e. The summed E-state index contributed by atoms with van der Waals surface area (Å²) in [5.74, 6) is -0.157.